The lowest BCUT2D eigenvalue weighted by Gasteiger charge is -2.36. The van der Waals surface area contributed by atoms with Gasteiger partial charge >= 0.3 is 5.97 Å². The molecule has 36 heavy (non-hydrogen) atoms. The minimum atomic E-state index is -1.15. The summed E-state index contributed by atoms with van der Waals surface area (Å²) in [5.41, 5.74) is -0.535. The number of unbranched alkanes of at least 4 members (excludes halogenated alkanes) is 1. The zero-order chi connectivity index (χ0) is 25.9. The highest BCUT2D eigenvalue weighted by atomic mass is 16.6. The first-order valence-corrected chi connectivity index (χ1v) is 12.4. The number of allylic oxidation sites excluding steroid dienone is 1. The van der Waals surface area contributed by atoms with Crippen LogP contribution >= 0.6 is 0 Å². The van der Waals surface area contributed by atoms with E-state index in [4.69, 9.17) is 14.2 Å². The van der Waals surface area contributed by atoms with Crippen molar-refractivity contribution in [2.24, 2.45) is 11.8 Å². The van der Waals surface area contributed by atoms with Gasteiger partial charge in [-0.15, -0.1) is 13.2 Å². The van der Waals surface area contributed by atoms with Crippen molar-refractivity contribution in [1.82, 2.24) is 4.90 Å². The molecule has 1 N–H and O–H groups in total. The first-order valence-electron chi connectivity index (χ1n) is 12.4. The minimum absolute atomic E-state index is 0.0346. The molecule has 0 aliphatic carbocycles. The monoisotopic (exact) mass is 498 g/mol. The van der Waals surface area contributed by atoms with Gasteiger partial charge in [-0.2, -0.15) is 0 Å². The second-order valence-electron chi connectivity index (χ2n) is 9.35. The first-order chi connectivity index (χ1) is 17.4. The molecule has 9 heteroatoms. The van der Waals surface area contributed by atoms with E-state index in [1.807, 2.05) is 0 Å². The summed E-state index contributed by atoms with van der Waals surface area (Å²) in [6.07, 6.45) is 5.27. The number of hydrogen-bond donors (Lipinski definition) is 1. The number of rotatable bonds is 12. The maximum Gasteiger partial charge on any atom is 0.312 e. The average Bonchev–Trinajstić information content (AvgIpc) is 3.53. The number of aliphatic hydroxyl groups is 1. The van der Waals surface area contributed by atoms with Gasteiger partial charge in [-0.05, 0) is 49.9 Å². The lowest BCUT2D eigenvalue weighted by atomic mass is 9.70. The van der Waals surface area contributed by atoms with Crippen molar-refractivity contribution in [2.45, 2.75) is 43.4 Å². The molecule has 3 aliphatic heterocycles. The third-order valence-corrected chi connectivity index (χ3v) is 7.41. The van der Waals surface area contributed by atoms with Crippen molar-refractivity contribution in [3.05, 3.63) is 49.6 Å². The number of esters is 1. The standard InChI is InChI=1S/C27H34N2O7/c1-4-6-7-17-35-26(33)21-20-12-13-27(36-20)22(21)24(31)29(15-16-30)23(27)25(32)28(14-5-2)18-8-10-19(34-3)11-9-18/h4-5,8-11,20-23,30H,1-2,6-7,12-17H2,3H3/t20-,21+,22+,23?,27?/m1/s1. The number of aliphatic hydroxyl groups excluding tert-OH is 1. The van der Waals surface area contributed by atoms with Gasteiger partial charge in [0, 0.05) is 18.8 Å². The summed E-state index contributed by atoms with van der Waals surface area (Å²) in [6, 6.07) is 6.05. The first kappa shape index (κ1) is 25.9. The summed E-state index contributed by atoms with van der Waals surface area (Å²) in [5, 5.41) is 9.74. The number of methoxy groups -OCH3 is 1. The molecule has 3 fully saturated rings. The molecule has 1 aromatic rings. The number of carbonyl (C=O) groups is 3. The Labute approximate surface area is 211 Å². The molecule has 1 aromatic carbocycles. The summed E-state index contributed by atoms with van der Waals surface area (Å²) in [7, 11) is 1.56. The third kappa shape index (κ3) is 4.30. The van der Waals surface area contributed by atoms with E-state index in [2.05, 4.69) is 13.2 Å². The Bertz CT molecular complexity index is 1010. The molecule has 3 aliphatic rings. The number of likely N-dealkylation sites (tertiary alicyclic amines) is 1. The van der Waals surface area contributed by atoms with Gasteiger partial charge in [0.2, 0.25) is 5.91 Å². The average molecular weight is 499 g/mol. The summed E-state index contributed by atoms with van der Waals surface area (Å²) >= 11 is 0. The van der Waals surface area contributed by atoms with E-state index in [9.17, 15) is 19.5 Å². The van der Waals surface area contributed by atoms with Crippen molar-refractivity contribution in [3.63, 3.8) is 0 Å². The molecule has 2 amide bonds. The third-order valence-electron chi connectivity index (χ3n) is 7.41. The Hall–Kier alpha value is -3.17. The molecule has 194 valence electrons. The summed E-state index contributed by atoms with van der Waals surface area (Å²) in [4.78, 5) is 43.8. The Kier molecular flexibility index (Phi) is 7.80. The SMILES string of the molecule is C=CCCCOC(=O)[C@@H]1[C@H]2C(=O)N(CCO)C(C(=O)N(CC=C)c3ccc(OC)cc3)C23CC[C@H]1O3. The number of ether oxygens (including phenoxy) is 3. The van der Waals surface area contributed by atoms with Crippen LogP contribution in [-0.4, -0.2) is 79.0 Å². The van der Waals surface area contributed by atoms with E-state index >= 15 is 0 Å². The van der Waals surface area contributed by atoms with Crippen LogP contribution in [0.15, 0.2) is 49.6 Å². The molecule has 9 nitrogen and oxygen atoms in total. The minimum Gasteiger partial charge on any atom is -0.497 e. The van der Waals surface area contributed by atoms with Crippen molar-refractivity contribution in [2.75, 3.05) is 38.3 Å². The van der Waals surface area contributed by atoms with Crippen LogP contribution in [0, 0.1) is 11.8 Å². The fourth-order valence-electron chi connectivity index (χ4n) is 5.91. The number of carbonyl (C=O) groups excluding carboxylic acids is 3. The molecule has 5 atom stereocenters. The highest BCUT2D eigenvalue weighted by Crippen LogP contribution is 2.58. The second kappa shape index (κ2) is 10.8. The van der Waals surface area contributed by atoms with Crippen LogP contribution < -0.4 is 9.64 Å². The molecule has 0 radical (unpaired) electrons. The zero-order valence-electron chi connectivity index (χ0n) is 20.6. The Balaban J connectivity index is 1.66. The lowest BCUT2D eigenvalue weighted by molar-refractivity contribution is -0.155. The Morgan fingerprint density at radius 3 is 2.67 bits per heavy atom. The molecule has 3 heterocycles. The van der Waals surface area contributed by atoms with Crippen molar-refractivity contribution in [1.29, 1.82) is 0 Å². The number of nitrogens with zero attached hydrogens (tertiary/aromatic N) is 2. The van der Waals surface area contributed by atoms with Gasteiger partial charge in [0.1, 0.15) is 17.4 Å². The number of fused-ring (bicyclic) bond motifs is 1. The van der Waals surface area contributed by atoms with Crippen molar-refractivity contribution >= 4 is 23.5 Å². The number of β-amino-alcohol motifs (C(OH)–C–C–N with tert-alkyl or cyclic N) is 1. The Morgan fingerprint density at radius 2 is 2.03 bits per heavy atom. The molecular formula is C27H34N2O7. The topological polar surface area (TPSA) is 106 Å². The maximum absolute atomic E-state index is 14.1. The van der Waals surface area contributed by atoms with E-state index < -0.39 is 35.6 Å². The zero-order valence-corrected chi connectivity index (χ0v) is 20.6. The van der Waals surface area contributed by atoms with Crippen LogP contribution in [0.3, 0.4) is 0 Å². The molecule has 3 saturated heterocycles. The smallest absolute Gasteiger partial charge is 0.312 e. The predicted octanol–water partition coefficient (Wildman–Crippen LogP) is 2.09. The van der Waals surface area contributed by atoms with Crippen LogP contribution in [0.4, 0.5) is 5.69 Å². The van der Waals surface area contributed by atoms with Crippen LogP contribution in [0.1, 0.15) is 25.7 Å². The second-order valence-corrected chi connectivity index (χ2v) is 9.35. The lowest BCUT2D eigenvalue weighted by Crippen LogP contribution is -2.56. The van der Waals surface area contributed by atoms with Gasteiger partial charge in [-0.25, -0.2) is 0 Å². The number of hydrogen-bond acceptors (Lipinski definition) is 7. The predicted molar refractivity (Wildman–Crippen MR) is 132 cm³/mol. The Morgan fingerprint density at radius 1 is 1.28 bits per heavy atom. The van der Waals surface area contributed by atoms with Crippen LogP contribution in [0.25, 0.3) is 0 Å². The number of anilines is 1. The summed E-state index contributed by atoms with van der Waals surface area (Å²) < 4.78 is 17.1. The van der Waals surface area contributed by atoms with Crippen molar-refractivity contribution < 1.29 is 33.7 Å². The van der Waals surface area contributed by atoms with E-state index in [0.717, 1.165) is 6.42 Å². The van der Waals surface area contributed by atoms with Crippen LogP contribution in [-0.2, 0) is 23.9 Å². The highest BCUT2D eigenvalue weighted by molar-refractivity contribution is 6.04. The summed E-state index contributed by atoms with van der Waals surface area (Å²) in [6.45, 7) is 7.55. The number of amides is 2. The quantitative estimate of drug-likeness (QED) is 0.267. The fraction of sp³-hybridized carbons (Fsp3) is 0.519. The van der Waals surface area contributed by atoms with Crippen LogP contribution in [0.2, 0.25) is 0 Å². The normalized spacial score (nSPS) is 28.1. The van der Waals surface area contributed by atoms with E-state index in [1.165, 1.54) is 4.90 Å². The van der Waals surface area contributed by atoms with E-state index in [-0.39, 0.29) is 38.1 Å². The molecule has 2 bridgehead atoms. The van der Waals surface area contributed by atoms with E-state index in [1.54, 1.807) is 48.4 Å². The van der Waals surface area contributed by atoms with Gasteiger partial charge in [0.05, 0.1) is 38.3 Å². The van der Waals surface area contributed by atoms with Crippen molar-refractivity contribution in [3.8, 4) is 5.75 Å². The van der Waals surface area contributed by atoms with Gasteiger partial charge in [0.25, 0.3) is 5.91 Å². The number of benzene rings is 1. The van der Waals surface area contributed by atoms with Gasteiger partial charge in [-0.1, -0.05) is 12.2 Å². The van der Waals surface area contributed by atoms with Gasteiger partial charge in [-0.3, -0.25) is 14.4 Å². The van der Waals surface area contributed by atoms with Crippen LogP contribution in [0.5, 0.6) is 5.75 Å². The molecule has 2 unspecified atom stereocenters. The largest absolute Gasteiger partial charge is 0.497 e. The molecule has 1 spiro atoms. The molecule has 0 aromatic heterocycles. The molecule has 0 saturated carbocycles. The van der Waals surface area contributed by atoms with E-state index in [0.29, 0.717) is 30.7 Å². The summed E-state index contributed by atoms with van der Waals surface area (Å²) in [5.74, 6) is -2.13. The maximum atomic E-state index is 14.1. The van der Waals surface area contributed by atoms with Gasteiger partial charge in [0.15, 0.2) is 0 Å². The molecule has 4 rings (SSSR count). The highest BCUT2D eigenvalue weighted by Gasteiger charge is 2.75. The fourth-order valence-corrected chi connectivity index (χ4v) is 5.91. The molecular weight excluding hydrogens is 464 g/mol. The van der Waals surface area contributed by atoms with Gasteiger partial charge < -0.3 is 29.1 Å².